The van der Waals surface area contributed by atoms with Crippen LogP contribution in [0.3, 0.4) is 0 Å². The molecule has 0 fully saturated rings. The molecule has 21 heavy (non-hydrogen) atoms. The molecule has 1 aromatic carbocycles. The zero-order valence-corrected chi connectivity index (χ0v) is 11.2. The lowest BCUT2D eigenvalue weighted by molar-refractivity contribution is -0.116. The normalized spacial score (nSPS) is 10.7. The predicted molar refractivity (Wildman–Crippen MR) is 78.3 cm³/mol. The Bertz CT molecular complexity index is 782. The van der Waals surface area contributed by atoms with Crippen molar-refractivity contribution in [3.8, 4) is 0 Å². The molecular weight excluding hydrogens is 268 g/mol. The minimum absolute atomic E-state index is 0.0953. The van der Waals surface area contributed by atoms with Crippen molar-refractivity contribution in [2.24, 2.45) is 5.73 Å². The van der Waals surface area contributed by atoms with E-state index in [1.165, 1.54) is 4.68 Å². The number of nitrogens with two attached hydrogens (primary N) is 1. The highest BCUT2D eigenvalue weighted by molar-refractivity contribution is 5.93. The maximum atomic E-state index is 12.0. The van der Waals surface area contributed by atoms with Crippen LogP contribution >= 0.6 is 0 Å². The van der Waals surface area contributed by atoms with Gasteiger partial charge in [-0.25, -0.2) is 4.68 Å². The van der Waals surface area contributed by atoms with Crippen LogP contribution in [0.2, 0.25) is 0 Å². The summed E-state index contributed by atoms with van der Waals surface area (Å²) in [5, 5.41) is 11.5. The molecule has 0 aliphatic carbocycles. The molecule has 0 aliphatic heterocycles. The van der Waals surface area contributed by atoms with Gasteiger partial charge in [0.1, 0.15) is 6.54 Å². The summed E-state index contributed by atoms with van der Waals surface area (Å²) >= 11 is 0. The summed E-state index contributed by atoms with van der Waals surface area (Å²) in [6.45, 7) is 0.400. The van der Waals surface area contributed by atoms with Crippen molar-refractivity contribution in [3.63, 3.8) is 0 Å². The lowest BCUT2D eigenvalue weighted by Crippen LogP contribution is -2.19. The molecule has 7 nitrogen and oxygen atoms in total. The highest BCUT2D eigenvalue weighted by atomic mass is 16.2. The zero-order valence-electron chi connectivity index (χ0n) is 11.2. The van der Waals surface area contributed by atoms with Gasteiger partial charge in [-0.05, 0) is 24.3 Å². The van der Waals surface area contributed by atoms with E-state index in [1.807, 2.05) is 30.3 Å². The van der Waals surface area contributed by atoms with Gasteiger partial charge in [-0.3, -0.25) is 9.78 Å². The molecule has 7 heteroatoms. The SMILES string of the molecule is NCc1cn(CC(=O)Nc2ccc3ncccc3c2)nn1. The quantitative estimate of drug-likeness (QED) is 0.741. The Morgan fingerprint density at radius 3 is 3.05 bits per heavy atom. The van der Waals surface area contributed by atoms with Crippen molar-refractivity contribution < 1.29 is 4.79 Å². The van der Waals surface area contributed by atoms with Gasteiger partial charge >= 0.3 is 0 Å². The first-order valence-electron chi connectivity index (χ1n) is 6.48. The van der Waals surface area contributed by atoms with Gasteiger partial charge in [-0.2, -0.15) is 0 Å². The van der Waals surface area contributed by atoms with Crippen molar-refractivity contribution in [2.75, 3.05) is 5.32 Å². The molecule has 0 saturated carbocycles. The third-order valence-corrected chi connectivity index (χ3v) is 2.99. The first kappa shape index (κ1) is 13.2. The second-order valence-electron chi connectivity index (χ2n) is 4.57. The van der Waals surface area contributed by atoms with Crippen molar-refractivity contribution in [1.82, 2.24) is 20.0 Å². The number of rotatable bonds is 4. The topological polar surface area (TPSA) is 98.7 Å². The van der Waals surface area contributed by atoms with Crippen molar-refractivity contribution in [1.29, 1.82) is 0 Å². The molecule has 0 aliphatic rings. The smallest absolute Gasteiger partial charge is 0.246 e. The van der Waals surface area contributed by atoms with Crippen molar-refractivity contribution in [3.05, 3.63) is 48.4 Å². The van der Waals surface area contributed by atoms with E-state index in [2.05, 4.69) is 20.6 Å². The van der Waals surface area contributed by atoms with Crippen LogP contribution in [0.1, 0.15) is 5.69 Å². The lowest BCUT2D eigenvalue weighted by atomic mass is 10.2. The fourth-order valence-electron chi connectivity index (χ4n) is 2.01. The number of amides is 1. The van der Waals surface area contributed by atoms with E-state index < -0.39 is 0 Å². The number of carbonyl (C=O) groups is 1. The fourth-order valence-corrected chi connectivity index (χ4v) is 2.01. The number of nitrogens with one attached hydrogen (secondary N) is 1. The minimum Gasteiger partial charge on any atom is -0.325 e. The van der Waals surface area contributed by atoms with Crippen LogP contribution in [0.15, 0.2) is 42.7 Å². The van der Waals surface area contributed by atoms with Crippen molar-refractivity contribution in [2.45, 2.75) is 13.1 Å². The first-order valence-corrected chi connectivity index (χ1v) is 6.48. The fraction of sp³-hybridized carbons (Fsp3) is 0.143. The highest BCUT2D eigenvalue weighted by Crippen LogP contribution is 2.16. The molecule has 106 valence electrons. The van der Waals surface area contributed by atoms with Crippen LogP contribution < -0.4 is 11.1 Å². The summed E-state index contributed by atoms with van der Waals surface area (Å²) in [6, 6.07) is 9.38. The van der Waals surface area contributed by atoms with Gasteiger partial charge in [-0.15, -0.1) is 5.10 Å². The molecule has 0 unspecified atom stereocenters. The van der Waals surface area contributed by atoms with Gasteiger partial charge in [0.2, 0.25) is 5.91 Å². The van der Waals surface area contributed by atoms with E-state index >= 15 is 0 Å². The number of carbonyl (C=O) groups excluding carboxylic acids is 1. The van der Waals surface area contributed by atoms with E-state index in [1.54, 1.807) is 12.4 Å². The number of hydrogen-bond acceptors (Lipinski definition) is 5. The van der Waals surface area contributed by atoms with Gasteiger partial charge in [0.15, 0.2) is 0 Å². The molecule has 2 aromatic heterocycles. The molecular formula is C14H14N6O. The Labute approximate surface area is 120 Å². The molecule has 1 amide bonds. The number of benzene rings is 1. The van der Waals surface area contributed by atoms with Crippen LogP contribution in [0, 0.1) is 0 Å². The summed E-state index contributed by atoms with van der Waals surface area (Å²) in [6.07, 6.45) is 3.39. The Balaban J connectivity index is 1.70. The molecule has 2 heterocycles. The third-order valence-electron chi connectivity index (χ3n) is 2.99. The van der Waals surface area contributed by atoms with Gasteiger partial charge in [0.25, 0.3) is 0 Å². The third kappa shape index (κ3) is 3.03. The average Bonchev–Trinajstić information content (AvgIpc) is 2.94. The predicted octanol–water partition coefficient (Wildman–Crippen LogP) is 0.924. The first-order chi connectivity index (χ1) is 10.2. The Morgan fingerprint density at radius 1 is 1.33 bits per heavy atom. The second kappa shape index (κ2) is 5.68. The van der Waals surface area contributed by atoms with E-state index in [4.69, 9.17) is 5.73 Å². The number of pyridine rings is 1. The number of fused-ring (bicyclic) bond motifs is 1. The number of aromatic nitrogens is 4. The Hall–Kier alpha value is -2.80. The molecule has 0 spiro atoms. The summed E-state index contributed by atoms with van der Waals surface area (Å²) < 4.78 is 1.46. The number of nitrogens with zero attached hydrogens (tertiary/aromatic N) is 4. The van der Waals surface area contributed by atoms with Crippen LogP contribution in [0.25, 0.3) is 10.9 Å². The monoisotopic (exact) mass is 282 g/mol. The van der Waals surface area contributed by atoms with Gasteiger partial charge in [0.05, 0.1) is 17.4 Å². The molecule has 3 aromatic rings. The maximum Gasteiger partial charge on any atom is 0.246 e. The average molecular weight is 282 g/mol. The molecule has 0 bridgehead atoms. The molecule has 3 rings (SSSR count). The van der Waals surface area contributed by atoms with E-state index in [-0.39, 0.29) is 12.5 Å². The number of anilines is 1. The molecule has 0 atom stereocenters. The van der Waals surface area contributed by atoms with Crippen LogP contribution in [-0.2, 0) is 17.9 Å². The van der Waals surface area contributed by atoms with Crippen LogP contribution in [0.4, 0.5) is 5.69 Å². The Morgan fingerprint density at radius 2 is 2.24 bits per heavy atom. The number of hydrogen-bond donors (Lipinski definition) is 2. The maximum absolute atomic E-state index is 12.0. The van der Waals surface area contributed by atoms with Gasteiger partial charge in [0, 0.05) is 23.8 Å². The summed E-state index contributed by atoms with van der Waals surface area (Å²) in [4.78, 5) is 16.2. The van der Waals surface area contributed by atoms with E-state index in [0.29, 0.717) is 12.2 Å². The van der Waals surface area contributed by atoms with Crippen LogP contribution in [-0.4, -0.2) is 25.9 Å². The largest absolute Gasteiger partial charge is 0.325 e. The zero-order chi connectivity index (χ0) is 14.7. The summed E-state index contributed by atoms with van der Waals surface area (Å²) in [7, 11) is 0. The highest BCUT2D eigenvalue weighted by Gasteiger charge is 2.06. The summed E-state index contributed by atoms with van der Waals surface area (Å²) in [5.41, 5.74) is 7.71. The van der Waals surface area contributed by atoms with Crippen LogP contribution in [0.5, 0.6) is 0 Å². The second-order valence-corrected chi connectivity index (χ2v) is 4.57. The van der Waals surface area contributed by atoms with E-state index in [9.17, 15) is 4.79 Å². The summed E-state index contributed by atoms with van der Waals surface area (Å²) in [5.74, 6) is -0.174. The van der Waals surface area contributed by atoms with Gasteiger partial charge < -0.3 is 11.1 Å². The minimum atomic E-state index is -0.174. The van der Waals surface area contributed by atoms with E-state index in [0.717, 1.165) is 16.6 Å². The van der Waals surface area contributed by atoms with Gasteiger partial charge in [-0.1, -0.05) is 11.3 Å². The molecule has 0 radical (unpaired) electrons. The molecule has 3 N–H and O–H groups in total. The Kier molecular flexibility index (Phi) is 3.57. The standard InChI is InChI=1S/C14H14N6O/c15-7-12-8-20(19-18-12)9-14(21)17-11-3-4-13-10(6-11)2-1-5-16-13/h1-6,8H,7,9,15H2,(H,17,21). The van der Waals surface area contributed by atoms with Crippen molar-refractivity contribution >= 4 is 22.5 Å². The lowest BCUT2D eigenvalue weighted by Gasteiger charge is -2.06. The molecule has 0 saturated heterocycles.